The van der Waals surface area contributed by atoms with E-state index in [1.807, 2.05) is 13.8 Å². The molecule has 0 radical (unpaired) electrons. The Morgan fingerprint density at radius 2 is 1.94 bits per heavy atom. The van der Waals surface area contributed by atoms with Gasteiger partial charge in [0.2, 0.25) is 11.8 Å². The van der Waals surface area contributed by atoms with E-state index in [0.29, 0.717) is 6.61 Å². The second kappa shape index (κ2) is 4.23. The zero-order valence-corrected chi connectivity index (χ0v) is 11.6. The highest BCUT2D eigenvalue weighted by atomic mass is 16.5. The van der Waals surface area contributed by atoms with Crippen molar-refractivity contribution in [3.8, 4) is 0 Å². The van der Waals surface area contributed by atoms with E-state index >= 15 is 0 Å². The van der Waals surface area contributed by atoms with E-state index in [1.165, 1.54) is 0 Å². The molecule has 1 N–H and O–H groups in total. The van der Waals surface area contributed by atoms with Crippen LogP contribution in [-0.2, 0) is 14.3 Å². The topological polar surface area (TPSA) is 58.6 Å². The molecule has 2 heterocycles. The van der Waals surface area contributed by atoms with Crippen LogP contribution >= 0.6 is 0 Å². The molecule has 2 saturated heterocycles. The van der Waals surface area contributed by atoms with Gasteiger partial charge in [-0.25, -0.2) is 0 Å². The number of piperazine rings is 1. The monoisotopic (exact) mass is 254 g/mol. The van der Waals surface area contributed by atoms with Crippen molar-refractivity contribution in [1.82, 2.24) is 10.2 Å². The maximum atomic E-state index is 12.4. The van der Waals surface area contributed by atoms with Crippen molar-refractivity contribution in [3.05, 3.63) is 0 Å². The lowest BCUT2D eigenvalue weighted by molar-refractivity contribution is -0.156. The highest BCUT2D eigenvalue weighted by molar-refractivity contribution is 5.97. The Hall–Kier alpha value is -1.10. The van der Waals surface area contributed by atoms with Crippen LogP contribution in [0.2, 0.25) is 0 Å². The number of amides is 2. The van der Waals surface area contributed by atoms with Gasteiger partial charge in [0, 0.05) is 12.6 Å². The van der Waals surface area contributed by atoms with Gasteiger partial charge in [-0.3, -0.25) is 9.59 Å². The average molecular weight is 254 g/mol. The summed E-state index contributed by atoms with van der Waals surface area (Å²) in [5, 5.41) is 2.73. The molecule has 102 valence electrons. The minimum absolute atomic E-state index is 0.00444. The van der Waals surface area contributed by atoms with Gasteiger partial charge >= 0.3 is 0 Å². The molecule has 1 unspecified atom stereocenters. The zero-order valence-electron chi connectivity index (χ0n) is 11.6. The van der Waals surface area contributed by atoms with Gasteiger partial charge in [-0.15, -0.1) is 0 Å². The van der Waals surface area contributed by atoms with Crippen LogP contribution in [0.5, 0.6) is 0 Å². The third kappa shape index (κ3) is 2.51. The molecular formula is C13H22N2O3. The molecule has 2 aliphatic heterocycles. The molecule has 0 saturated carbocycles. The van der Waals surface area contributed by atoms with Crippen LogP contribution in [0.25, 0.3) is 0 Å². The molecule has 0 spiro atoms. The first-order chi connectivity index (χ1) is 8.21. The first kappa shape index (κ1) is 13.3. The van der Waals surface area contributed by atoms with Gasteiger partial charge < -0.3 is 15.0 Å². The van der Waals surface area contributed by atoms with Crippen molar-refractivity contribution in [2.75, 3.05) is 13.2 Å². The van der Waals surface area contributed by atoms with E-state index in [-0.39, 0.29) is 30.0 Å². The Labute approximate surface area is 108 Å². The van der Waals surface area contributed by atoms with Crippen molar-refractivity contribution in [2.24, 2.45) is 0 Å². The van der Waals surface area contributed by atoms with Crippen molar-refractivity contribution in [3.63, 3.8) is 0 Å². The molecule has 2 aliphatic rings. The number of nitrogens with zero attached hydrogens (tertiary/aromatic N) is 1. The summed E-state index contributed by atoms with van der Waals surface area (Å²) in [5.41, 5.74) is -1.01. The first-order valence-corrected chi connectivity index (χ1v) is 6.47. The SMILES string of the molecule is CC1(C)CC(N2CC(=O)NC(C)(C)C2=O)CCO1. The third-order valence-electron chi connectivity index (χ3n) is 3.67. The lowest BCUT2D eigenvalue weighted by Crippen LogP contribution is -2.66. The van der Waals surface area contributed by atoms with E-state index in [2.05, 4.69) is 5.32 Å². The van der Waals surface area contributed by atoms with Crippen LogP contribution in [0.3, 0.4) is 0 Å². The van der Waals surface area contributed by atoms with Gasteiger partial charge in [-0.1, -0.05) is 0 Å². The number of hydrogen-bond donors (Lipinski definition) is 1. The number of hydrogen-bond acceptors (Lipinski definition) is 3. The second-order valence-electron chi connectivity index (χ2n) is 6.36. The van der Waals surface area contributed by atoms with E-state index < -0.39 is 5.54 Å². The summed E-state index contributed by atoms with van der Waals surface area (Å²) in [6.45, 7) is 8.37. The van der Waals surface area contributed by atoms with Gasteiger partial charge in [0.1, 0.15) is 5.54 Å². The number of nitrogens with one attached hydrogen (secondary N) is 1. The number of carbonyl (C=O) groups excluding carboxylic acids is 2. The molecule has 2 amide bonds. The molecular weight excluding hydrogens is 232 g/mol. The zero-order chi connectivity index (χ0) is 13.6. The van der Waals surface area contributed by atoms with E-state index in [9.17, 15) is 9.59 Å². The lowest BCUT2D eigenvalue weighted by Gasteiger charge is -2.46. The maximum absolute atomic E-state index is 12.4. The third-order valence-corrected chi connectivity index (χ3v) is 3.67. The molecule has 0 aliphatic carbocycles. The minimum atomic E-state index is -0.794. The van der Waals surface area contributed by atoms with Crippen LogP contribution in [0, 0.1) is 0 Å². The predicted molar refractivity (Wildman–Crippen MR) is 67.0 cm³/mol. The van der Waals surface area contributed by atoms with Crippen molar-refractivity contribution >= 4 is 11.8 Å². The van der Waals surface area contributed by atoms with Crippen molar-refractivity contribution < 1.29 is 14.3 Å². The molecule has 2 rings (SSSR count). The molecule has 5 nitrogen and oxygen atoms in total. The predicted octanol–water partition coefficient (Wildman–Crippen LogP) is 0.681. The largest absolute Gasteiger partial charge is 0.375 e. The van der Waals surface area contributed by atoms with Crippen LogP contribution in [-0.4, -0.2) is 47.0 Å². The smallest absolute Gasteiger partial charge is 0.248 e. The summed E-state index contributed by atoms with van der Waals surface area (Å²) >= 11 is 0. The fraction of sp³-hybridized carbons (Fsp3) is 0.846. The summed E-state index contributed by atoms with van der Waals surface area (Å²) in [7, 11) is 0. The van der Waals surface area contributed by atoms with Gasteiger partial charge in [0.15, 0.2) is 0 Å². The van der Waals surface area contributed by atoms with Crippen molar-refractivity contribution in [1.29, 1.82) is 0 Å². The first-order valence-electron chi connectivity index (χ1n) is 6.47. The highest BCUT2D eigenvalue weighted by Crippen LogP contribution is 2.29. The van der Waals surface area contributed by atoms with Crippen LogP contribution < -0.4 is 5.32 Å². The molecule has 18 heavy (non-hydrogen) atoms. The van der Waals surface area contributed by atoms with Crippen molar-refractivity contribution in [2.45, 2.75) is 57.7 Å². The van der Waals surface area contributed by atoms with Gasteiger partial charge in [-0.2, -0.15) is 0 Å². The highest BCUT2D eigenvalue weighted by Gasteiger charge is 2.44. The normalized spacial score (nSPS) is 31.1. The summed E-state index contributed by atoms with van der Waals surface area (Å²) in [6.07, 6.45) is 1.58. The van der Waals surface area contributed by atoms with Crippen LogP contribution in [0.15, 0.2) is 0 Å². The van der Waals surface area contributed by atoms with Gasteiger partial charge in [-0.05, 0) is 40.5 Å². The fourth-order valence-electron chi connectivity index (χ4n) is 2.79. The lowest BCUT2D eigenvalue weighted by atomic mass is 9.90. The molecule has 5 heteroatoms. The number of rotatable bonds is 1. The van der Waals surface area contributed by atoms with Gasteiger partial charge in [0.05, 0.1) is 12.1 Å². The van der Waals surface area contributed by atoms with Crippen LogP contribution in [0.4, 0.5) is 0 Å². The summed E-state index contributed by atoms with van der Waals surface area (Å²) in [4.78, 5) is 25.8. The molecule has 0 aromatic rings. The quantitative estimate of drug-likeness (QED) is 0.748. The van der Waals surface area contributed by atoms with Crippen LogP contribution in [0.1, 0.15) is 40.5 Å². The number of ether oxygens (including phenoxy) is 1. The van der Waals surface area contributed by atoms with E-state index in [4.69, 9.17) is 4.74 Å². The summed E-state index contributed by atoms with van der Waals surface area (Å²) in [5.74, 6) is -0.0753. The summed E-state index contributed by atoms with van der Waals surface area (Å²) in [6, 6.07) is 0.103. The molecule has 1 atom stereocenters. The molecule has 2 fully saturated rings. The fourth-order valence-corrected chi connectivity index (χ4v) is 2.79. The molecule has 0 bridgehead atoms. The maximum Gasteiger partial charge on any atom is 0.248 e. The Morgan fingerprint density at radius 3 is 2.56 bits per heavy atom. The second-order valence-corrected chi connectivity index (χ2v) is 6.36. The molecule has 0 aromatic heterocycles. The van der Waals surface area contributed by atoms with Gasteiger partial charge in [0.25, 0.3) is 0 Å². The molecule has 0 aromatic carbocycles. The summed E-state index contributed by atoms with van der Waals surface area (Å²) < 4.78 is 5.66. The van der Waals surface area contributed by atoms with E-state index in [1.54, 1.807) is 18.7 Å². The standard InChI is InChI=1S/C13H22N2O3/c1-12(2)7-9(5-6-18-12)15-8-10(16)14-13(3,4)11(15)17/h9H,5-8H2,1-4H3,(H,14,16). The Kier molecular flexibility index (Phi) is 3.13. The number of carbonyl (C=O) groups is 2. The Bertz CT molecular complexity index is 376. The average Bonchev–Trinajstić information content (AvgIpc) is 2.21. The minimum Gasteiger partial charge on any atom is -0.375 e. The Morgan fingerprint density at radius 1 is 1.28 bits per heavy atom. The Balaban J connectivity index is 2.16. The van der Waals surface area contributed by atoms with E-state index in [0.717, 1.165) is 12.8 Å².